The van der Waals surface area contributed by atoms with Crippen molar-refractivity contribution in [3.63, 3.8) is 0 Å². The Morgan fingerprint density at radius 3 is 2.77 bits per heavy atom. The van der Waals surface area contributed by atoms with E-state index >= 15 is 0 Å². The van der Waals surface area contributed by atoms with Crippen LogP contribution in [-0.2, 0) is 12.0 Å². The SMILES string of the molecule is COc1cc(C)c2c3c1O[C@H]1C[C@H](O)C=C[C@]31CCN(CCCN1CCCCC1)C2. The van der Waals surface area contributed by atoms with Crippen molar-refractivity contribution >= 4 is 0 Å². The fourth-order valence-electron chi connectivity index (χ4n) is 6.12. The van der Waals surface area contributed by atoms with Gasteiger partial charge in [0.1, 0.15) is 6.10 Å². The molecule has 0 bridgehead atoms. The molecule has 5 heteroatoms. The van der Waals surface area contributed by atoms with Crippen LogP contribution >= 0.6 is 0 Å². The number of aliphatic hydroxyl groups excluding tert-OH is 1. The van der Waals surface area contributed by atoms with Crippen molar-refractivity contribution < 1.29 is 14.6 Å². The van der Waals surface area contributed by atoms with E-state index in [0.29, 0.717) is 6.42 Å². The molecule has 1 N–H and O–H groups in total. The minimum absolute atomic E-state index is 0.00440. The molecule has 1 spiro atoms. The van der Waals surface area contributed by atoms with E-state index in [9.17, 15) is 5.11 Å². The van der Waals surface area contributed by atoms with Gasteiger partial charge in [0, 0.05) is 18.5 Å². The van der Waals surface area contributed by atoms with Gasteiger partial charge in [-0.25, -0.2) is 0 Å². The van der Waals surface area contributed by atoms with Crippen molar-refractivity contribution in [3.8, 4) is 11.5 Å². The van der Waals surface area contributed by atoms with Crippen LogP contribution in [-0.4, -0.2) is 66.9 Å². The number of ether oxygens (including phenoxy) is 2. The van der Waals surface area contributed by atoms with Crippen molar-refractivity contribution in [2.24, 2.45) is 0 Å². The van der Waals surface area contributed by atoms with E-state index in [4.69, 9.17) is 9.47 Å². The second-order valence-electron chi connectivity index (χ2n) is 9.67. The predicted molar refractivity (Wildman–Crippen MR) is 118 cm³/mol. The summed E-state index contributed by atoms with van der Waals surface area (Å²) in [6, 6.07) is 2.14. The molecule has 3 aliphatic heterocycles. The Hall–Kier alpha value is -1.56. The molecule has 1 saturated heterocycles. The second-order valence-corrected chi connectivity index (χ2v) is 9.67. The Bertz CT molecular complexity index is 817. The Kier molecular flexibility index (Phi) is 5.55. The summed E-state index contributed by atoms with van der Waals surface area (Å²) in [7, 11) is 1.73. The van der Waals surface area contributed by atoms with Crippen LogP contribution in [0, 0.1) is 6.92 Å². The largest absolute Gasteiger partial charge is 0.493 e. The lowest BCUT2D eigenvalue weighted by atomic mass is 9.68. The van der Waals surface area contributed by atoms with Crippen molar-refractivity contribution in [1.82, 2.24) is 9.80 Å². The fourth-order valence-corrected chi connectivity index (χ4v) is 6.12. The molecule has 1 aromatic carbocycles. The molecule has 0 unspecified atom stereocenters. The maximum absolute atomic E-state index is 10.3. The maximum atomic E-state index is 10.3. The normalized spacial score (nSPS) is 31.0. The Balaban J connectivity index is 1.41. The first-order valence-electron chi connectivity index (χ1n) is 11.8. The molecule has 164 valence electrons. The Labute approximate surface area is 180 Å². The van der Waals surface area contributed by atoms with Crippen LogP contribution < -0.4 is 9.47 Å². The van der Waals surface area contributed by atoms with E-state index in [1.165, 1.54) is 62.0 Å². The minimum atomic E-state index is -0.422. The van der Waals surface area contributed by atoms with Crippen LogP contribution in [0.15, 0.2) is 18.2 Å². The molecule has 0 saturated carbocycles. The lowest BCUT2D eigenvalue weighted by Crippen LogP contribution is -2.43. The number of aliphatic hydroxyl groups is 1. The van der Waals surface area contributed by atoms with E-state index in [1.54, 1.807) is 7.11 Å². The second kappa shape index (κ2) is 8.18. The quantitative estimate of drug-likeness (QED) is 0.751. The minimum Gasteiger partial charge on any atom is -0.493 e. The molecule has 3 atom stereocenters. The monoisotopic (exact) mass is 412 g/mol. The fraction of sp³-hybridized carbons (Fsp3) is 0.680. The van der Waals surface area contributed by atoms with Crippen LogP contribution in [0.1, 0.15) is 55.2 Å². The van der Waals surface area contributed by atoms with Gasteiger partial charge in [0.05, 0.1) is 18.6 Å². The molecule has 5 rings (SSSR count). The number of methoxy groups -OCH3 is 1. The topological polar surface area (TPSA) is 45.2 Å². The first kappa shape index (κ1) is 20.3. The summed E-state index contributed by atoms with van der Waals surface area (Å²) in [6.07, 6.45) is 10.9. The summed E-state index contributed by atoms with van der Waals surface area (Å²) in [5.41, 5.74) is 3.89. The highest BCUT2D eigenvalue weighted by atomic mass is 16.5. The van der Waals surface area contributed by atoms with E-state index in [2.05, 4.69) is 28.9 Å². The number of likely N-dealkylation sites (tertiary alicyclic amines) is 1. The van der Waals surface area contributed by atoms with Crippen LogP contribution in [0.25, 0.3) is 0 Å². The third kappa shape index (κ3) is 3.45. The summed E-state index contributed by atoms with van der Waals surface area (Å²) in [5, 5.41) is 10.3. The average Bonchev–Trinajstić information content (AvgIpc) is 2.98. The molecule has 4 aliphatic rings. The summed E-state index contributed by atoms with van der Waals surface area (Å²) in [4.78, 5) is 5.28. The number of rotatable bonds is 5. The summed E-state index contributed by atoms with van der Waals surface area (Å²) in [6.45, 7) is 9.17. The molecule has 0 radical (unpaired) electrons. The molecule has 1 aliphatic carbocycles. The van der Waals surface area contributed by atoms with Gasteiger partial charge in [-0.2, -0.15) is 0 Å². The average molecular weight is 413 g/mol. The van der Waals surface area contributed by atoms with Crippen LogP contribution in [0.2, 0.25) is 0 Å². The molecule has 5 nitrogen and oxygen atoms in total. The lowest BCUT2D eigenvalue weighted by Gasteiger charge is -2.36. The van der Waals surface area contributed by atoms with Gasteiger partial charge in [0.15, 0.2) is 11.5 Å². The van der Waals surface area contributed by atoms with Gasteiger partial charge in [-0.15, -0.1) is 0 Å². The van der Waals surface area contributed by atoms with Gasteiger partial charge >= 0.3 is 0 Å². The lowest BCUT2D eigenvalue weighted by molar-refractivity contribution is 0.0807. The zero-order valence-corrected chi connectivity index (χ0v) is 18.5. The molecular formula is C25H36N2O3. The maximum Gasteiger partial charge on any atom is 0.166 e. The van der Waals surface area contributed by atoms with Gasteiger partial charge in [-0.05, 0) is 82.5 Å². The van der Waals surface area contributed by atoms with Crippen LogP contribution in [0.5, 0.6) is 11.5 Å². The van der Waals surface area contributed by atoms with E-state index in [0.717, 1.165) is 37.6 Å². The Morgan fingerprint density at radius 2 is 1.97 bits per heavy atom. The smallest absolute Gasteiger partial charge is 0.166 e. The van der Waals surface area contributed by atoms with E-state index < -0.39 is 6.10 Å². The van der Waals surface area contributed by atoms with E-state index in [-0.39, 0.29) is 11.5 Å². The standard InChI is InChI=1S/C25H36N2O3/c1-18-15-21(29-2)24-23-20(18)17-27(13-6-12-26-10-4-3-5-11-26)14-9-25(23)8-7-19(28)16-22(25)30-24/h7-8,15,19,22,28H,3-6,9-14,16-17H2,1-2H3/t19-,22+,25-/m1/s1. The third-order valence-electron chi connectivity index (χ3n) is 7.79. The van der Waals surface area contributed by atoms with Gasteiger partial charge in [0.25, 0.3) is 0 Å². The molecule has 0 aromatic heterocycles. The van der Waals surface area contributed by atoms with Gasteiger partial charge < -0.3 is 19.5 Å². The number of piperidine rings is 1. The Morgan fingerprint density at radius 1 is 1.17 bits per heavy atom. The summed E-state index contributed by atoms with van der Waals surface area (Å²) < 4.78 is 12.2. The van der Waals surface area contributed by atoms with Gasteiger partial charge in [0.2, 0.25) is 0 Å². The van der Waals surface area contributed by atoms with Crippen LogP contribution in [0.3, 0.4) is 0 Å². The first-order chi connectivity index (χ1) is 14.6. The van der Waals surface area contributed by atoms with Crippen molar-refractivity contribution in [1.29, 1.82) is 0 Å². The van der Waals surface area contributed by atoms with E-state index in [1.807, 2.05) is 6.08 Å². The molecule has 0 amide bonds. The summed E-state index contributed by atoms with van der Waals surface area (Å²) in [5.74, 6) is 1.75. The molecule has 1 aromatic rings. The number of nitrogens with zero attached hydrogens (tertiary/aromatic N) is 2. The molecule has 30 heavy (non-hydrogen) atoms. The van der Waals surface area contributed by atoms with Crippen molar-refractivity contribution in [2.75, 3.05) is 39.8 Å². The zero-order valence-electron chi connectivity index (χ0n) is 18.5. The van der Waals surface area contributed by atoms with Gasteiger partial charge in [-0.1, -0.05) is 18.6 Å². The highest BCUT2D eigenvalue weighted by Gasteiger charge is 2.53. The number of hydrogen-bond acceptors (Lipinski definition) is 5. The number of benzene rings is 1. The van der Waals surface area contributed by atoms with Gasteiger partial charge in [-0.3, -0.25) is 4.90 Å². The van der Waals surface area contributed by atoms with Crippen LogP contribution in [0.4, 0.5) is 0 Å². The highest BCUT2D eigenvalue weighted by molar-refractivity contribution is 5.63. The third-order valence-corrected chi connectivity index (χ3v) is 7.79. The first-order valence-corrected chi connectivity index (χ1v) is 11.8. The predicted octanol–water partition coefficient (Wildman–Crippen LogP) is 3.40. The number of aryl methyl sites for hydroxylation is 1. The van der Waals surface area contributed by atoms with Crippen molar-refractivity contribution in [3.05, 3.63) is 34.9 Å². The highest BCUT2D eigenvalue weighted by Crippen LogP contribution is 2.56. The number of hydrogen-bond donors (Lipinski definition) is 1. The molecule has 1 fully saturated rings. The summed E-state index contributed by atoms with van der Waals surface area (Å²) >= 11 is 0. The zero-order chi connectivity index (χ0) is 20.7. The molecule has 3 heterocycles. The molecular weight excluding hydrogens is 376 g/mol. The van der Waals surface area contributed by atoms with Crippen molar-refractivity contribution in [2.45, 2.75) is 69.6 Å².